The SMILES string of the molecule is Cc1[nH]c(=O)[nH]c(=S)c1C(=O)NCC(C)(C)C1CCCCC1. The van der Waals surface area contributed by atoms with Crippen LogP contribution in [0.15, 0.2) is 4.79 Å². The molecule has 1 aliphatic carbocycles. The maximum atomic E-state index is 12.4. The van der Waals surface area contributed by atoms with Gasteiger partial charge < -0.3 is 10.3 Å². The van der Waals surface area contributed by atoms with Crippen LogP contribution in [0.3, 0.4) is 0 Å². The van der Waals surface area contributed by atoms with Crippen LogP contribution in [0.25, 0.3) is 0 Å². The van der Waals surface area contributed by atoms with Gasteiger partial charge in [-0.15, -0.1) is 0 Å². The van der Waals surface area contributed by atoms with E-state index in [0.29, 0.717) is 23.7 Å². The molecular formula is C16H25N3O2S. The summed E-state index contributed by atoms with van der Waals surface area (Å²) in [5.41, 5.74) is 0.537. The van der Waals surface area contributed by atoms with Crippen molar-refractivity contribution >= 4 is 18.1 Å². The molecule has 1 aliphatic rings. The first-order valence-electron chi connectivity index (χ1n) is 7.92. The highest BCUT2D eigenvalue weighted by atomic mass is 32.1. The Morgan fingerprint density at radius 3 is 2.50 bits per heavy atom. The molecule has 1 aromatic rings. The van der Waals surface area contributed by atoms with E-state index in [1.54, 1.807) is 6.92 Å². The van der Waals surface area contributed by atoms with Gasteiger partial charge >= 0.3 is 5.69 Å². The lowest BCUT2D eigenvalue weighted by molar-refractivity contribution is 0.0897. The Morgan fingerprint density at radius 1 is 1.27 bits per heavy atom. The van der Waals surface area contributed by atoms with E-state index >= 15 is 0 Å². The second kappa shape index (κ2) is 6.77. The molecule has 0 saturated heterocycles. The molecule has 0 aromatic carbocycles. The fraction of sp³-hybridized carbons (Fsp3) is 0.688. The minimum Gasteiger partial charge on any atom is -0.351 e. The zero-order valence-corrected chi connectivity index (χ0v) is 14.4. The number of nitrogens with one attached hydrogen (secondary N) is 3. The highest BCUT2D eigenvalue weighted by Crippen LogP contribution is 2.37. The number of hydrogen-bond acceptors (Lipinski definition) is 3. The van der Waals surface area contributed by atoms with Crippen LogP contribution in [-0.4, -0.2) is 22.4 Å². The number of aromatic nitrogens is 2. The molecular weight excluding hydrogens is 298 g/mol. The van der Waals surface area contributed by atoms with Gasteiger partial charge in [0.1, 0.15) is 4.64 Å². The van der Waals surface area contributed by atoms with Crippen molar-refractivity contribution in [3.05, 3.63) is 26.4 Å². The summed E-state index contributed by atoms with van der Waals surface area (Å²) in [6.45, 7) is 6.73. The largest absolute Gasteiger partial charge is 0.351 e. The number of aryl methyl sites for hydroxylation is 1. The topological polar surface area (TPSA) is 77.8 Å². The second-order valence-corrected chi connectivity index (χ2v) is 7.32. The van der Waals surface area contributed by atoms with Crippen molar-refractivity contribution in [2.75, 3.05) is 6.54 Å². The predicted molar refractivity (Wildman–Crippen MR) is 89.7 cm³/mol. The summed E-state index contributed by atoms with van der Waals surface area (Å²) < 4.78 is 0.189. The van der Waals surface area contributed by atoms with Gasteiger partial charge in [-0.05, 0) is 31.1 Å². The first-order valence-corrected chi connectivity index (χ1v) is 8.33. The Hall–Kier alpha value is -1.43. The summed E-state index contributed by atoms with van der Waals surface area (Å²) in [5.74, 6) is 0.423. The third-order valence-corrected chi connectivity index (χ3v) is 5.08. The average Bonchev–Trinajstić information content (AvgIpc) is 2.45. The fourth-order valence-corrected chi connectivity index (χ4v) is 3.64. The zero-order chi connectivity index (χ0) is 16.3. The van der Waals surface area contributed by atoms with E-state index in [-0.39, 0.29) is 21.7 Å². The molecule has 22 heavy (non-hydrogen) atoms. The number of amides is 1. The quantitative estimate of drug-likeness (QED) is 0.745. The van der Waals surface area contributed by atoms with Crippen molar-refractivity contribution in [2.24, 2.45) is 11.3 Å². The number of rotatable bonds is 4. The Morgan fingerprint density at radius 2 is 1.91 bits per heavy atom. The minimum absolute atomic E-state index is 0.0670. The lowest BCUT2D eigenvalue weighted by atomic mass is 9.71. The number of aromatic amines is 2. The molecule has 122 valence electrons. The molecule has 0 radical (unpaired) electrons. The Bertz CT molecular complexity index is 654. The number of carbonyl (C=O) groups is 1. The highest BCUT2D eigenvalue weighted by Gasteiger charge is 2.31. The van der Waals surface area contributed by atoms with Crippen LogP contribution in [0.5, 0.6) is 0 Å². The highest BCUT2D eigenvalue weighted by molar-refractivity contribution is 7.71. The van der Waals surface area contributed by atoms with Gasteiger partial charge in [0.2, 0.25) is 0 Å². The van der Waals surface area contributed by atoms with Crippen LogP contribution in [0.4, 0.5) is 0 Å². The summed E-state index contributed by atoms with van der Waals surface area (Å²) in [4.78, 5) is 28.8. The number of carbonyl (C=O) groups excluding carboxylic acids is 1. The van der Waals surface area contributed by atoms with Crippen molar-refractivity contribution in [3.8, 4) is 0 Å². The third kappa shape index (κ3) is 3.85. The van der Waals surface area contributed by atoms with Gasteiger partial charge in [0.05, 0.1) is 5.56 Å². The van der Waals surface area contributed by atoms with Gasteiger partial charge in [-0.1, -0.05) is 45.3 Å². The molecule has 5 nitrogen and oxygen atoms in total. The average molecular weight is 323 g/mol. The lowest BCUT2D eigenvalue weighted by Gasteiger charge is -2.37. The van der Waals surface area contributed by atoms with Gasteiger partial charge in [-0.2, -0.15) is 0 Å². The van der Waals surface area contributed by atoms with Crippen molar-refractivity contribution in [1.82, 2.24) is 15.3 Å². The van der Waals surface area contributed by atoms with Crippen LogP contribution in [-0.2, 0) is 0 Å². The van der Waals surface area contributed by atoms with Gasteiger partial charge in [-0.3, -0.25) is 9.78 Å². The Kier molecular flexibility index (Phi) is 5.21. The molecule has 0 atom stereocenters. The molecule has 1 fully saturated rings. The van der Waals surface area contributed by atoms with E-state index < -0.39 is 0 Å². The molecule has 3 N–H and O–H groups in total. The number of hydrogen-bond donors (Lipinski definition) is 3. The standard InChI is InChI=1S/C16H25N3O2S/c1-10-12(14(22)19-15(21)18-10)13(20)17-9-16(2,3)11-7-5-4-6-8-11/h11H,4-9H2,1-3H3,(H,17,20)(H2,18,19,21,22). The number of H-pyrrole nitrogens is 2. The molecule has 0 bridgehead atoms. The van der Waals surface area contributed by atoms with Gasteiger partial charge in [0.15, 0.2) is 0 Å². The molecule has 1 heterocycles. The second-order valence-electron chi connectivity index (χ2n) is 6.91. The van der Waals surface area contributed by atoms with Crippen LogP contribution in [0.2, 0.25) is 0 Å². The van der Waals surface area contributed by atoms with E-state index in [0.717, 1.165) is 0 Å². The fourth-order valence-electron chi connectivity index (χ4n) is 3.30. The lowest BCUT2D eigenvalue weighted by Crippen LogP contribution is -2.40. The summed E-state index contributed by atoms with van der Waals surface area (Å²) in [5, 5.41) is 2.99. The van der Waals surface area contributed by atoms with E-state index in [1.165, 1.54) is 32.1 Å². The summed E-state index contributed by atoms with van der Waals surface area (Å²) in [7, 11) is 0. The third-order valence-electron chi connectivity index (χ3n) is 4.77. The molecule has 6 heteroatoms. The van der Waals surface area contributed by atoms with Crippen LogP contribution < -0.4 is 11.0 Å². The van der Waals surface area contributed by atoms with Crippen molar-refractivity contribution in [2.45, 2.75) is 52.9 Å². The van der Waals surface area contributed by atoms with Gasteiger partial charge in [0.25, 0.3) is 5.91 Å². The first kappa shape index (κ1) is 16.9. The van der Waals surface area contributed by atoms with Gasteiger partial charge in [0, 0.05) is 12.2 Å². The Balaban J connectivity index is 2.06. The Labute approximate surface area is 135 Å². The maximum absolute atomic E-state index is 12.4. The van der Waals surface area contributed by atoms with E-state index in [2.05, 4.69) is 29.1 Å². The molecule has 1 aromatic heterocycles. The van der Waals surface area contributed by atoms with E-state index in [4.69, 9.17) is 12.2 Å². The molecule has 1 saturated carbocycles. The van der Waals surface area contributed by atoms with Crippen LogP contribution in [0.1, 0.15) is 62.0 Å². The molecule has 0 aliphatic heterocycles. The summed E-state index contributed by atoms with van der Waals surface area (Å²) in [6, 6.07) is 0. The van der Waals surface area contributed by atoms with Crippen LogP contribution >= 0.6 is 12.2 Å². The smallest absolute Gasteiger partial charge is 0.324 e. The zero-order valence-electron chi connectivity index (χ0n) is 13.5. The van der Waals surface area contributed by atoms with Crippen molar-refractivity contribution in [1.29, 1.82) is 0 Å². The molecule has 1 amide bonds. The van der Waals surface area contributed by atoms with Gasteiger partial charge in [-0.25, -0.2) is 4.79 Å². The minimum atomic E-state index is -0.387. The van der Waals surface area contributed by atoms with Crippen molar-refractivity contribution in [3.63, 3.8) is 0 Å². The summed E-state index contributed by atoms with van der Waals surface area (Å²) in [6.07, 6.45) is 6.37. The maximum Gasteiger partial charge on any atom is 0.324 e. The first-order chi connectivity index (χ1) is 10.3. The van der Waals surface area contributed by atoms with E-state index in [9.17, 15) is 9.59 Å². The molecule has 0 unspecified atom stereocenters. The van der Waals surface area contributed by atoms with Crippen molar-refractivity contribution < 1.29 is 4.79 Å². The summed E-state index contributed by atoms with van der Waals surface area (Å²) >= 11 is 5.10. The predicted octanol–water partition coefficient (Wildman–Crippen LogP) is 3.08. The monoisotopic (exact) mass is 323 g/mol. The molecule has 0 spiro atoms. The molecule has 2 rings (SSSR count). The normalized spacial score (nSPS) is 16.5. The van der Waals surface area contributed by atoms with E-state index in [1.807, 2.05) is 0 Å². The van der Waals surface area contributed by atoms with Crippen LogP contribution in [0, 0.1) is 22.9 Å².